The zero-order valence-corrected chi connectivity index (χ0v) is 14.5. The van der Waals surface area contributed by atoms with Crippen molar-refractivity contribution in [3.63, 3.8) is 0 Å². The van der Waals surface area contributed by atoms with Crippen molar-refractivity contribution in [2.75, 3.05) is 6.54 Å². The number of rotatable bonds is 7. The van der Waals surface area contributed by atoms with Crippen LogP contribution in [0.3, 0.4) is 0 Å². The number of benzene rings is 1. The Morgan fingerprint density at radius 1 is 1.23 bits per heavy atom. The Bertz CT molecular complexity index is 440. The molecule has 0 aliphatic rings. The highest BCUT2D eigenvalue weighted by atomic mass is 16.6. The van der Waals surface area contributed by atoms with Crippen molar-refractivity contribution in [1.82, 2.24) is 10.6 Å². The number of carbonyl (C=O) groups is 1. The highest BCUT2D eigenvalue weighted by molar-refractivity contribution is 5.67. The molecule has 0 aliphatic heterocycles. The van der Waals surface area contributed by atoms with Crippen molar-refractivity contribution < 1.29 is 9.53 Å². The number of hydrogen-bond acceptors (Lipinski definition) is 3. The van der Waals surface area contributed by atoms with Crippen molar-refractivity contribution >= 4 is 6.09 Å². The maximum Gasteiger partial charge on any atom is 0.407 e. The lowest BCUT2D eigenvalue weighted by molar-refractivity contribution is 0.0521. The van der Waals surface area contributed by atoms with Gasteiger partial charge in [-0.25, -0.2) is 4.79 Å². The van der Waals surface area contributed by atoms with Gasteiger partial charge in [0.2, 0.25) is 0 Å². The second-order valence-corrected chi connectivity index (χ2v) is 6.75. The number of ether oxygens (including phenoxy) is 1. The number of nitrogens with one attached hydrogen (secondary N) is 2. The predicted molar refractivity (Wildman–Crippen MR) is 91.1 cm³/mol. The Morgan fingerprint density at radius 3 is 2.41 bits per heavy atom. The fraction of sp³-hybridized carbons (Fsp3) is 0.611. The van der Waals surface area contributed by atoms with E-state index in [1.807, 2.05) is 26.8 Å². The molecule has 4 heteroatoms. The lowest BCUT2D eigenvalue weighted by Crippen LogP contribution is -2.46. The van der Waals surface area contributed by atoms with Crippen LogP contribution < -0.4 is 10.6 Å². The van der Waals surface area contributed by atoms with Crippen molar-refractivity contribution in [2.24, 2.45) is 0 Å². The van der Waals surface area contributed by atoms with Gasteiger partial charge in [-0.2, -0.15) is 0 Å². The zero-order chi connectivity index (χ0) is 16.6. The third-order valence-electron chi connectivity index (χ3n) is 3.29. The predicted octanol–water partition coefficient (Wildman–Crippen LogP) is 3.51. The Morgan fingerprint density at radius 2 is 1.86 bits per heavy atom. The summed E-state index contributed by atoms with van der Waals surface area (Å²) in [6.07, 6.45) is 1.57. The monoisotopic (exact) mass is 306 g/mol. The van der Waals surface area contributed by atoms with Crippen LogP contribution >= 0.6 is 0 Å². The Kier molecular flexibility index (Phi) is 7.39. The number of amides is 1. The average molecular weight is 306 g/mol. The minimum Gasteiger partial charge on any atom is -0.444 e. The van der Waals surface area contributed by atoms with Gasteiger partial charge in [-0.3, -0.25) is 0 Å². The first kappa shape index (κ1) is 18.5. The molecule has 2 unspecified atom stereocenters. The molecule has 0 spiro atoms. The minimum absolute atomic E-state index is 0.242. The van der Waals surface area contributed by atoms with E-state index in [1.54, 1.807) is 0 Å². The first-order valence-corrected chi connectivity index (χ1v) is 8.07. The van der Waals surface area contributed by atoms with Gasteiger partial charge < -0.3 is 15.4 Å². The van der Waals surface area contributed by atoms with Crippen LogP contribution in [0.15, 0.2) is 30.3 Å². The second-order valence-electron chi connectivity index (χ2n) is 6.75. The molecule has 124 valence electrons. The summed E-state index contributed by atoms with van der Waals surface area (Å²) in [5, 5.41) is 6.40. The molecule has 2 atom stereocenters. The largest absolute Gasteiger partial charge is 0.444 e. The summed E-state index contributed by atoms with van der Waals surface area (Å²) in [7, 11) is 0. The fourth-order valence-corrected chi connectivity index (χ4v) is 2.27. The standard InChI is InChI=1S/C18H30N2O2/c1-6-16(13-19-17(21)22-18(3,4)5)20-14(2)12-15-10-8-7-9-11-15/h7-11,14,16,20H,6,12-13H2,1-5H3,(H,19,21). The third kappa shape index (κ3) is 8.03. The first-order chi connectivity index (χ1) is 10.3. The highest BCUT2D eigenvalue weighted by Crippen LogP contribution is 2.07. The molecule has 1 amide bonds. The maximum absolute atomic E-state index is 11.7. The lowest BCUT2D eigenvalue weighted by atomic mass is 10.1. The van der Waals surface area contributed by atoms with E-state index in [9.17, 15) is 4.79 Å². The van der Waals surface area contributed by atoms with Gasteiger partial charge in [0.05, 0.1) is 0 Å². The quantitative estimate of drug-likeness (QED) is 0.810. The normalized spacial score (nSPS) is 14.2. The molecular formula is C18H30N2O2. The van der Waals surface area contributed by atoms with E-state index in [0.717, 1.165) is 12.8 Å². The van der Waals surface area contributed by atoms with E-state index < -0.39 is 5.60 Å². The summed E-state index contributed by atoms with van der Waals surface area (Å²) in [6.45, 7) is 10.5. The number of hydrogen-bond donors (Lipinski definition) is 2. The van der Waals surface area contributed by atoms with Gasteiger partial charge in [0, 0.05) is 18.6 Å². The van der Waals surface area contributed by atoms with Gasteiger partial charge in [0.1, 0.15) is 5.60 Å². The second kappa shape index (κ2) is 8.79. The van der Waals surface area contributed by atoms with Crippen molar-refractivity contribution in [2.45, 2.75) is 65.1 Å². The van der Waals surface area contributed by atoms with E-state index >= 15 is 0 Å². The van der Waals surface area contributed by atoms with E-state index in [4.69, 9.17) is 4.74 Å². The minimum atomic E-state index is -0.459. The van der Waals surface area contributed by atoms with Crippen LogP contribution in [0.25, 0.3) is 0 Å². The SMILES string of the molecule is CCC(CNC(=O)OC(C)(C)C)NC(C)Cc1ccccc1. The zero-order valence-electron chi connectivity index (χ0n) is 14.5. The van der Waals surface area contributed by atoms with Crippen LogP contribution in [0, 0.1) is 0 Å². The number of carbonyl (C=O) groups excluding carboxylic acids is 1. The van der Waals surface area contributed by atoms with Gasteiger partial charge >= 0.3 is 6.09 Å². The first-order valence-electron chi connectivity index (χ1n) is 8.07. The van der Waals surface area contributed by atoms with Gasteiger partial charge in [-0.1, -0.05) is 37.3 Å². The average Bonchev–Trinajstić information content (AvgIpc) is 2.42. The molecule has 0 aliphatic carbocycles. The summed E-state index contributed by atoms with van der Waals surface area (Å²) >= 11 is 0. The third-order valence-corrected chi connectivity index (χ3v) is 3.29. The van der Waals surface area contributed by atoms with Crippen molar-refractivity contribution in [3.8, 4) is 0 Å². The highest BCUT2D eigenvalue weighted by Gasteiger charge is 2.17. The molecule has 0 fully saturated rings. The molecule has 0 aromatic heterocycles. The van der Waals surface area contributed by atoms with Crippen LogP contribution in [-0.2, 0) is 11.2 Å². The summed E-state index contributed by atoms with van der Waals surface area (Å²) in [6, 6.07) is 11.0. The Balaban J connectivity index is 2.36. The summed E-state index contributed by atoms with van der Waals surface area (Å²) in [5.41, 5.74) is 0.859. The van der Waals surface area contributed by atoms with Gasteiger partial charge in [-0.05, 0) is 46.1 Å². The molecule has 0 heterocycles. The molecule has 1 aromatic rings. The summed E-state index contributed by atoms with van der Waals surface area (Å²) < 4.78 is 5.26. The topological polar surface area (TPSA) is 50.4 Å². The lowest BCUT2D eigenvalue weighted by Gasteiger charge is -2.24. The van der Waals surface area contributed by atoms with Crippen LogP contribution in [0.5, 0.6) is 0 Å². The molecule has 4 nitrogen and oxygen atoms in total. The molecule has 22 heavy (non-hydrogen) atoms. The van der Waals surface area contributed by atoms with E-state index in [0.29, 0.717) is 12.6 Å². The molecule has 0 radical (unpaired) electrons. The molecule has 1 aromatic carbocycles. The number of alkyl carbamates (subject to hydrolysis) is 1. The van der Waals surface area contributed by atoms with Crippen LogP contribution in [0.4, 0.5) is 4.79 Å². The summed E-state index contributed by atoms with van der Waals surface area (Å²) in [4.78, 5) is 11.7. The smallest absolute Gasteiger partial charge is 0.407 e. The van der Waals surface area contributed by atoms with Crippen LogP contribution in [0.1, 0.15) is 46.6 Å². The maximum atomic E-state index is 11.7. The van der Waals surface area contributed by atoms with Crippen LogP contribution in [-0.4, -0.2) is 30.3 Å². The summed E-state index contributed by atoms with van der Waals surface area (Å²) in [5.74, 6) is 0. The van der Waals surface area contributed by atoms with Gasteiger partial charge in [0.15, 0.2) is 0 Å². The molecule has 0 saturated carbocycles. The van der Waals surface area contributed by atoms with E-state index in [2.05, 4.69) is 48.7 Å². The molecule has 1 rings (SSSR count). The van der Waals surface area contributed by atoms with E-state index in [-0.39, 0.29) is 12.1 Å². The van der Waals surface area contributed by atoms with E-state index in [1.165, 1.54) is 5.56 Å². The fourth-order valence-electron chi connectivity index (χ4n) is 2.27. The Labute approximate surface area is 134 Å². The van der Waals surface area contributed by atoms with Crippen LogP contribution in [0.2, 0.25) is 0 Å². The van der Waals surface area contributed by atoms with Gasteiger partial charge in [-0.15, -0.1) is 0 Å². The molecule has 0 saturated heterocycles. The van der Waals surface area contributed by atoms with Gasteiger partial charge in [0.25, 0.3) is 0 Å². The molecular weight excluding hydrogens is 276 g/mol. The van der Waals surface area contributed by atoms with Crippen molar-refractivity contribution in [1.29, 1.82) is 0 Å². The molecule has 2 N–H and O–H groups in total. The van der Waals surface area contributed by atoms with Crippen molar-refractivity contribution in [3.05, 3.63) is 35.9 Å². The Hall–Kier alpha value is -1.55. The molecule has 0 bridgehead atoms.